The van der Waals surface area contributed by atoms with Gasteiger partial charge in [0.15, 0.2) is 0 Å². The fraction of sp³-hybridized carbons (Fsp3) is 0.154. The van der Waals surface area contributed by atoms with Crippen molar-refractivity contribution in [3.05, 3.63) is 40.5 Å². The van der Waals surface area contributed by atoms with Crippen molar-refractivity contribution in [1.29, 1.82) is 0 Å². The van der Waals surface area contributed by atoms with Crippen LogP contribution in [0.5, 0.6) is 5.75 Å². The number of primary amides is 1. The number of carbonyl (C=O) groups is 1. The van der Waals surface area contributed by atoms with Crippen LogP contribution >= 0.6 is 11.6 Å². The lowest BCUT2D eigenvalue weighted by Gasteiger charge is -2.04. The summed E-state index contributed by atoms with van der Waals surface area (Å²) in [6.07, 6.45) is 0. The summed E-state index contributed by atoms with van der Waals surface area (Å²) in [6, 6.07) is 7.13. The minimum Gasteiger partial charge on any atom is -0.495 e. The number of hydrogen-bond donors (Lipinski definition) is 2. The topological polar surface area (TPSA) is 68.1 Å². The van der Waals surface area contributed by atoms with Crippen LogP contribution in [0, 0.1) is 6.92 Å². The van der Waals surface area contributed by atoms with E-state index < -0.39 is 5.91 Å². The Labute approximate surface area is 110 Å². The molecular formula is C13H13ClN2O2. The van der Waals surface area contributed by atoms with Crippen molar-refractivity contribution in [2.45, 2.75) is 6.92 Å². The summed E-state index contributed by atoms with van der Waals surface area (Å²) in [4.78, 5) is 14.3. The van der Waals surface area contributed by atoms with Crippen molar-refractivity contribution in [1.82, 2.24) is 4.98 Å². The zero-order chi connectivity index (χ0) is 13.3. The smallest absolute Gasteiger partial charge is 0.250 e. The number of aromatic amines is 1. The fourth-order valence-corrected chi connectivity index (χ4v) is 2.06. The van der Waals surface area contributed by atoms with Crippen LogP contribution < -0.4 is 10.5 Å². The molecule has 0 radical (unpaired) electrons. The molecule has 1 aromatic heterocycles. The second-order valence-corrected chi connectivity index (χ2v) is 4.34. The molecule has 2 rings (SSSR count). The van der Waals surface area contributed by atoms with Crippen LogP contribution in [0.4, 0.5) is 0 Å². The van der Waals surface area contributed by atoms with E-state index in [1.54, 1.807) is 32.2 Å². The van der Waals surface area contributed by atoms with Gasteiger partial charge in [-0.15, -0.1) is 0 Å². The first-order chi connectivity index (χ1) is 8.52. The Balaban J connectivity index is 2.46. The van der Waals surface area contributed by atoms with Gasteiger partial charge in [0, 0.05) is 11.4 Å². The summed E-state index contributed by atoms with van der Waals surface area (Å²) in [7, 11) is 1.56. The van der Waals surface area contributed by atoms with Gasteiger partial charge in [0.05, 0.1) is 17.7 Å². The molecule has 0 fully saturated rings. The van der Waals surface area contributed by atoms with Gasteiger partial charge < -0.3 is 15.5 Å². The summed E-state index contributed by atoms with van der Waals surface area (Å²) in [5.41, 5.74) is 8.17. The van der Waals surface area contributed by atoms with E-state index in [0.717, 1.165) is 17.0 Å². The molecule has 0 atom stereocenters. The molecule has 18 heavy (non-hydrogen) atoms. The predicted molar refractivity (Wildman–Crippen MR) is 71.0 cm³/mol. The second-order valence-electron chi connectivity index (χ2n) is 3.94. The molecular weight excluding hydrogens is 252 g/mol. The van der Waals surface area contributed by atoms with Gasteiger partial charge in [-0.05, 0) is 36.8 Å². The van der Waals surface area contributed by atoms with Gasteiger partial charge in [0.1, 0.15) is 5.75 Å². The number of carbonyl (C=O) groups excluding carboxylic acids is 1. The fourth-order valence-electron chi connectivity index (χ4n) is 1.80. The summed E-state index contributed by atoms with van der Waals surface area (Å²) >= 11 is 6.06. The highest BCUT2D eigenvalue weighted by Gasteiger charge is 2.11. The van der Waals surface area contributed by atoms with Crippen molar-refractivity contribution in [3.63, 3.8) is 0 Å². The Morgan fingerprint density at radius 2 is 2.11 bits per heavy atom. The summed E-state index contributed by atoms with van der Waals surface area (Å²) < 4.78 is 5.09. The molecule has 3 N–H and O–H groups in total. The van der Waals surface area contributed by atoms with Crippen molar-refractivity contribution in [3.8, 4) is 17.0 Å². The molecule has 0 aliphatic rings. The van der Waals surface area contributed by atoms with Crippen LogP contribution in [0.15, 0.2) is 24.3 Å². The van der Waals surface area contributed by atoms with Gasteiger partial charge >= 0.3 is 0 Å². The van der Waals surface area contributed by atoms with Crippen LogP contribution in [0.3, 0.4) is 0 Å². The zero-order valence-electron chi connectivity index (χ0n) is 10.1. The number of rotatable bonds is 3. The second kappa shape index (κ2) is 4.74. The lowest BCUT2D eigenvalue weighted by atomic mass is 10.1. The van der Waals surface area contributed by atoms with Gasteiger partial charge in [-0.2, -0.15) is 0 Å². The summed E-state index contributed by atoms with van der Waals surface area (Å²) in [5.74, 6) is 0.161. The molecule has 0 spiro atoms. The van der Waals surface area contributed by atoms with Gasteiger partial charge in [0.2, 0.25) is 0 Å². The highest BCUT2D eigenvalue weighted by Crippen LogP contribution is 2.30. The van der Waals surface area contributed by atoms with Gasteiger partial charge in [-0.3, -0.25) is 4.79 Å². The molecule has 0 saturated carbocycles. The molecule has 1 amide bonds. The van der Waals surface area contributed by atoms with E-state index in [9.17, 15) is 4.79 Å². The highest BCUT2D eigenvalue weighted by molar-refractivity contribution is 6.32. The lowest BCUT2D eigenvalue weighted by Crippen LogP contribution is -2.10. The molecule has 0 bridgehead atoms. The van der Waals surface area contributed by atoms with Crippen LogP contribution in [0.1, 0.15) is 16.1 Å². The van der Waals surface area contributed by atoms with Crippen molar-refractivity contribution < 1.29 is 9.53 Å². The number of nitrogens with one attached hydrogen (secondary N) is 1. The van der Waals surface area contributed by atoms with E-state index in [4.69, 9.17) is 22.1 Å². The van der Waals surface area contributed by atoms with Crippen LogP contribution in [-0.2, 0) is 0 Å². The maximum atomic E-state index is 11.2. The number of hydrogen-bond acceptors (Lipinski definition) is 2. The Bertz CT molecular complexity index is 605. The third-order valence-corrected chi connectivity index (χ3v) is 3.04. The third-order valence-electron chi connectivity index (χ3n) is 2.74. The zero-order valence-corrected chi connectivity index (χ0v) is 10.8. The third kappa shape index (κ3) is 2.19. The van der Waals surface area contributed by atoms with E-state index in [0.29, 0.717) is 16.3 Å². The monoisotopic (exact) mass is 264 g/mol. The van der Waals surface area contributed by atoms with Gasteiger partial charge in [0.25, 0.3) is 5.91 Å². The van der Waals surface area contributed by atoms with Crippen molar-refractivity contribution in [2.24, 2.45) is 5.73 Å². The Morgan fingerprint density at radius 3 is 2.61 bits per heavy atom. The average molecular weight is 265 g/mol. The number of amides is 1. The van der Waals surface area contributed by atoms with Crippen LogP contribution in [0.2, 0.25) is 5.02 Å². The maximum absolute atomic E-state index is 11.2. The summed E-state index contributed by atoms with van der Waals surface area (Å²) in [5, 5.41) is 0.517. The number of aryl methyl sites for hydroxylation is 1. The number of nitrogens with two attached hydrogens (primary N) is 1. The minimum atomic E-state index is -0.449. The molecule has 0 unspecified atom stereocenters. The van der Waals surface area contributed by atoms with E-state index in [1.165, 1.54) is 0 Å². The standard InChI is InChI=1S/C13H13ClN2O2/c1-7-9(13(15)17)6-11(16-7)8-3-4-12(18-2)10(14)5-8/h3-6,16H,1-2H3,(H2,15,17). The Kier molecular flexibility index (Phi) is 3.30. The van der Waals surface area contributed by atoms with Gasteiger partial charge in [-0.25, -0.2) is 0 Å². The number of H-pyrrole nitrogens is 1. The molecule has 2 aromatic rings. The quantitative estimate of drug-likeness (QED) is 0.895. The predicted octanol–water partition coefficient (Wildman–Crippen LogP) is 2.75. The molecule has 0 aliphatic carbocycles. The van der Waals surface area contributed by atoms with E-state index in [2.05, 4.69) is 4.98 Å². The van der Waals surface area contributed by atoms with E-state index in [1.807, 2.05) is 6.07 Å². The maximum Gasteiger partial charge on any atom is 0.250 e. The van der Waals surface area contributed by atoms with Crippen LogP contribution in [-0.4, -0.2) is 18.0 Å². The molecule has 94 valence electrons. The van der Waals surface area contributed by atoms with Crippen LogP contribution in [0.25, 0.3) is 11.3 Å². The molecule has 1 heterocycles. The van der Waals surface area contributed by atoms with Crippen molar-refractivity contribution in [2.75, 3.05) is 7.11 Å². The summed E-state index contributed by atoms with van der Waals surface area (Å²) in [6.45, 7) is 1.80. The normalized spacial score (nSPS) is 10.4. The Morgan fingerprint density at radius 1 is 1.39 bits per heavy atom. The lowest BCUT2D eigenvalue weighted by molar-refractivity contribution is 0.1000. The SMILES string of the molecule is COc1ccc(-c2cc(C(N)=O)c(C)[nH]2)cc1Cl. The van der Waals surface area contributed by atoms with Crippen molar-refractivity contribution >= 4 is 17.5 Å². The first-order valence-electron chi connectivity index (χ1n) is 5.36. The number of halogens is 1. The van der Waals surface area contributed by atoms with E-state index in [-0.39, 0.29) is 0 Å². The van der Waals surface area contributed by atoms with Gasteiger partial charge in [-0.1, -0.05) is 11.6 Å². The largest absolute Gasteiger partial charge is 0.495 e. The first-order valence-corrected chi connectivity index (χ1v) is 5.74. The molecule has 4 nitrogen and oxygen atoms in total. The number of aromatic nitrogens is 1. The first kappa shape index (κ1) is 12.5. The molecule has 5 heteroatoms. The number of methoxy groups -OCH3 is 1. The van der Waals surface area contributed by atoms with E-state index >= 15 is 0 Å². The number of ether oxygens (including phenoxy) is 1. The number of benzene rings is 1. The highest BCUT2D eigenvalue weighted by atomic mass is 35.5. The molecule has 0 aliphatic heterocycles. The average Bonchev–Trinajstić information content (AvgIpc) is 2.71. The Hall–Kier alpha value is -1.94. The molecule has 1 aromatic carbocycles. The minimum absolute atomic E-state index is 0.449. The molecule has 0 saturated heterocycles.